The Balaban J connectivity index is 1.51. The number of anilines is 2. The second-order valence-corrected chi connectivity index (χ2v) is 7.77. The van der Waals surface area contributed by atoms with E-state index in [-0.39, 0.29) is 5.75 Å². The van der Waals surface area contributed by atoms with Gasteiger partial charge in [-0.3, -0.25) is 4.79 Å². The SMILES string of the molecule is Cc1c(C(=O)Nc2ccc(N3CCOCC3)c(F)c2)cccc1-c1ccc(OC(F)(F)F)cc1. The fourth-order valence-corrected chi connectivity index (χ4v) is 3.87. The molecule has 0 spiro atoms. The van der Waals surface area contributed by atoms with Crippen molar-refractivity contribution in [3.63, 3.8) is 0 Å². The number of alkyl halides is 3. The first kappa shape index (κ1) is 23.6. The molecule has 0 unspecified atom stereocenters. The Bertz CT molecular complexity index is 1170. The highest BCUT2D eigenvalue weighted by Crippen LogP contribution is 2.30. The molecule has 0 radical (unpaired) electrons. The summed E-state index contributed by atoms with van der Waals surface area (Å²) in [5.41, 5.74) is 3.08. The predicted molar refractivity (Wildman–Crippen MR) is 121 cm³/mol. The summed E-state index contributed by atoms with van der Waals surface area (Å²) in [6.07, 6.45) is -4.77. The van der Waals surface area contributed by atoms with Crippen molar-refractivity contribution in [2.24, 2.45) is 0 Å². The summed E-state index contributed by atoms with van der Waals surface area (Å²) < 4.78 is 61.1. The van der Waals surface area contributed by atoms with Crippen LogP contribution >= 0.6 is 0 Å². The van der Waals surface area contributed by atoms with Crippen LogP contribution in [0.3, 0.4) is 0 Å². The maximum atomic E-state index is 14.7. The molecule has 0 aromatic heterocycles. The summed E-state index contributed by atoms with van der Waals surface area (Å²) in [6, 6.07) is 15.0. The number of carbonyl (C=O) groups is 1. The smallest absolute Gasteiger partial charge is 0.406 e. The Kier molecular flexibility index (Phi) is 6.74. The fraction of sp³-hybridized carbons (Fsp3) is 0.240. The molecule has 0 saturated carbocycles. The van der Waals surface area contributed by atoms with Crippen molar-refractivity contribution in [2.75, 3.05) is 36.5 Å². The van der Waals surface area contributed by atoms with Gasteiger partial charge in [0.1, 0.15) is 11.6 Å². The van der Waals surface area contributed by atoms with Crippen LogP contribution in [0.1, 0.15) is 15.9 Å². The number of ether oxygens (including phenoxy) is 2. The second kappa shape index (κ2) is 9.72. The topological polar surface area (TPSA) is 50.8 Å². The molecule has 0 aliphatic carbocycles. The maximum absolute atomic E-state index is 14.7. The molecule has 34 heavy (non-hydrogen) atoms. The number of amides is 1. The highest BCUT2D eigenvalue weighted by atomic mass is 19.4. The van der Waals surface area contributed by atoms with Crippen molar-refractivity contribution >= 4 is 17.3 Å². The number of morpholine rings is 1. The lowest BCUT2D eigenvalue weighted by molar-refractivity contribution is -0.274. The van der Waals surface area contributed by atoms with Crippen LogP contribution < -0.4 is 15.0 Å². The molecule has 1 aliphatic rings. The van der Waals surface area contributed by atoms with Crippen molar-refractivity contribution in [1.29, 1.82) is 0 Å². The molecule has 1 heterocycles. The van der Waals surface area contributed by atoms with Crippen molar-refractivity contribution in [3.05, 3.63) is 77.6 Å². The summed E-state index contributed by atoms with van der Waals surface area (Å²) in [4.78, 5) is 14.8. The monoisotopic (exact) mass is 474 g/mol. The van der Waals surface area contributed by atoms with E-state index in [2.05, 4.69) is 10.1 Å². The molecule has 178 valence electrons. The molecule has 9 heteroatoms. The van der Waals surface area contributed by atoms with Gasteiger partial charge in [0.15, 0.2) is 0 Å². The molecule has 3 aromatic rings. The molecule has 1 N–H and O–H groups in total. The van der Waals surface area contributed by atoms with Crippen LogP contribution in [0.2, 0.25) is 0 Å². The quantitative estimate of drug-likeness (QED) is 0.476. The standard InChI is InChI=1S/C25H22F4N2O3/c1-16-20(17-5-8-19(9-6-17)34-25(27,28)29)3-2-4-21(16)24(32)30-18-7-10-23(22(26)15-18)31-11-13-33-14-12-31/h2-10,15H,11-14H2,1H3,(H,30,32). The van der Waals surface area contributed by atoms with E-state index in [1.807, 2.05) is 4.90 Å². The van der Waals surface area contributed by atoms with Gasteiger partial charge in [0.05, 0.1) is 18.9 Å². The van der Waals surface area contributed by atoms with E-state index in [1.165, 1.54) is 30.3 Å². The van der Waals surface area contributed by atoms with E-state index in [0.717, 1.165) is 0 Å². The number of hydrogen-bond donors (Lipinski definition) is 1. The van der Waals surface area contributed by atoms with Gasteiger partial charge in [-0.05, 0) is 60.0 Å². The number of hydrogen-bond acceptors (Lipinski definition) is 4. The third-order valence-corrected chi connectivity index (χ3v) is 5.53. The van der Waals surface area contributed by atoms with Gasteiger partial charge in [-0.15, -0.1) is 13.2 Å². The average molecular weight is 474 g/mol. The molecule has 0 bridgehead atoms. The van der Waals surface area contributed by atoms with E-state index in [1.54, 1.807) is 37.3 Å². The van der Waals surface area contributed by atoms with E-state index < -0.39 is 18.1 Å². The van der Waals surface area contributed by atoms with E-state index in [4.69, 9.17) is 4.74 Å². The first-order valence-electron chi connectivity index (χ1n) is 10.6. The van der Waals surface area contributed by atoms with Gasteiger partial charge >= 0.3 is 6.36 Å². The van der Waals surface area contributed by atoms with E-state index in [0.29, 0.717) is 59.9 Å². The third kappa shape index (κ3) is 5.48. The van der Waals surface area contributed by atoms with E-state index in [9.17, 15) is 22.4 Å². The van der Waals surface area contributed by atoms with Gasteiger partial charge in [0.25, 0.3) is 5.91 Å². The predicted octanol–water partition coefficient (Wildman–Crippen LogP) is 5.79. The third-order valence-electron chi connectivity index (χ3n) is 5.53. The lowest BCUT2D eigenvalue weighted by Crippen LogP contribution is -2.36. The van der Waals surface area contributed by atoms with Crippen LogP contribution in [0.4, 0.5) is 28.9 Å². The largest absolute Gasteiger partial charge is 0.573 e. The molecule has 1 aliphatic heterocycles. The van der Waals surface area contributed by atoms with Crippen LogP contribution in [0.5, 0.6) is 5.75 Å². The minimum Gasteiger partial charge on any atom is -0.406 e. The zero-order chi connectivity index (χ0) is 24.3. The number of rotatable bonds is 5. The first-order chi connectivity index (χ1) is 16.2. The molecule has 5 nitrogen and oxygen atoms in total. The Labute approximate surface area is 193 Å². The van der Waals surface area contributed by atoms with Gasteiger partial charge in [-0.2, -0.15) is 0 Å². The van der Waals surface area contributed by atoms with Crippen molar-refractivity contribution in [3.8, 4) is 16.9 Å². The fourth-order valence-electron chi connectivity index (χ4n) is 3.87. The zero-order valence-corrected chi connectivity index (χ0v) is 18.3. The minimum absolute atomic E-state index is 0.318. The molecule has 3 aromatic carbocycles. The van der Waals surface area contributed by atoms with Crippen LogP contribution in [0.15, 0.2) is 60.7 Å². The van der Waals surface area contributed by atoms with Gasteiger partial charge in [-0.25, -0.2) is 4.39 Å². The molecular weight excluding hydrogens is 452 g/mol. The normalized spacial score (nSPS) is 14.1. The number of carbonyl (C=O) groups excluding carboxylic acids is 1. The number of halogens is 4. The molecular formula is C25H22F4N2O3. The highest BCUT2D eigenvalue weighted by molar-refractivity contribution is 6.06. The molecule has 4 rings (SSSR count). The molecule has 0 atom stereocenters. The average Bonchev–Trinajstić information content (AvgIpc) is 2.79. The summed E-state index contributed by atoms with van der Waals surface area (Å²) in [7, 11) is 0. The lowest BCUT2D eigenvalue weighted by atomic mass is 9.96. The summed E-state index contributed by atoms with van der Waals surface area (Å²) in [5.74, 6) is -1.19. The van der Waals surface area contributed by atoms with Crippen molar-refractivity contribution < 1.29 is 31.8 Å². The van der Waals surface area contributed by atoms with Crippen LogP contribution in [0, 0.1) is 12.7 Å². The number of nitrogens with zero attached hydrogens (tertiary/aromatic N) is 1. The van der Waals surface area contributed by atoms with Crippen molar-refractivity contribution in [2.45, 2.75) is 13.3 Å². The first-order valence-corrected chi connectivity index (χ1v) is 10.6. The minimum atomic E-state index is -4.77. The van der Waals surface area contributed by atoms with E-state index >= 15 is 0 Å². The van der Waals surface area contributed by atoms with Gasteiger partial charge in [0.2, 0.25) is 0 Å². The van der Waals surface area contributed by atoms with Crippen molar-refractivity contribution in [1.82, 2.24) is 0 Å². The Hall–Kier alpha value is -3.59. The van der Waals surface area contributed by atoms with Gasteiger partial charge in [0, 0.05) is 24.3 Å². The van der Waals surface area contributed by atoms with Crippen LogP contribution in [-0.4, -0.2) is 38.6 Å². The maximum Gasteiger partial charge on any atom is 0.573 e. The van der Waals surface area contributed by atoms with Gasteiger partial charge < -0.3 is 19.7 Å². The second-order valence-electron chi connectivity index (χ2n) is 7.77. The number of nitrogens with one attached hydrogen (secondary N) is 1. The zero-order valence-electron chi connectivity index (χ0n) is 18.3. The highest BCUT2D eigenvalue weighted by Gasteiger charge is 2.31. The van der Waals surface area contributed by atoms with Gasteiger partial charge in [-0.1, -0.05) is 24.3 Å². The Morgan fingerprint density at radius 3 is 2.38 bits per heavy atom. The number of benzene rings is 3. The van der Waals surface area contributed by atoms with Crippen LogP contribution in [-0.2, 0) is 4.74 Å². The lowest BCUT2D eigenvalue weighted by Gasteiger charge is -2.29. The molecule has 1 amide bonds. The Morgan fingerprint density at radius 2 is 1.74 bits per heavy atom. The molecule has 1 fully saturated rings. The summed E-state index contributed by atoms with van der Waals surface area (Å²) in [6.45, 7) is 4.00. The summed E-state index contributed by atoms with van der Waals surface area (Å²) >= 11 is 0. The summed E-state index contributed by atoms with van der Waals surface area (Å²) in [5, 5.41) is 2.72. The Morgan fingerprint density at radius 1 is 1.03 bits per heavy atom. The molecule has 1 saturated heterocycles. The van der Waals surface area contributed by atoms with Crippen LogP contribution in [0.25, 0.3) is 11.1 Å².